The second kappa shape index (κ2) is 55.6. The second-order valence-electron chi connectivity index (χ2n) is 23.5. The van der Waals surface area contributed by atoms with E-state index in [0.717, 1.165) is 108 Å². The summed E-state index contributed by atoms with van der Waals surface area (Å²) in [6, 6.07) is 0. The summed E-state index contributed by atoms with van der Waals surface area (Å²) in [6.45, 7) is 9.41. The summed E-state index contributed by atoms with van der Waals surface area (Å²) in [6.07, 6.45) is 37.8. The number of rotatable bonds is 62. The molecule has 0 bridgehead atoms. The Bertz CT molecular complexity index is 1620. The van der Waals surface area contributed by atoms with E-state index in [1.54, 1.807) is 0 Å². The molecule has 0 aliphatic rings. The molecular weight excluding hydrogens is 1090 g/mol. The Morgan fingerprint density at radius 2 is 0.622 bits per heavy atom. The first-order valence-electron chi connectivity index (χ1n) is 33.0. The number of aliphatic hydroxyl groups excluding tert-OH is 1. The quantitative estimate of drug-likeness (QED) is 0.0222. The normalized spacial score (nSPS) is 14.7. The summed E-state index contributed by atoms with van der Waals surface area (Å²) >= 11 is 0. The lowest BCUT2D eigenvalue weighted by atomic mass is 9.99. The molecule has 486 valence electrons. The standard InChI is InChI=1S/C63H122O17P2/c1-7-10-12-14-15-16-22-29-35-41-47-62(67)79-58(51-73-60(65)45-39-31-13-11-8-2)53-77-81(69,70)75-49-57(64)50-76-82(71,72)78-54-59(52-74-61(66)46-40-34-28-25-24-27-33-38-44-56(6)9-3)80-63(68)48-42-36-30-23-20-18-17-19-21-26-32-37-43-55(4)5/h55-59,64H,7-54H2,1-6H3,(H,69,70)(H,71,72)/t56?,57-,58+,59+/m0/s1. The van der Waals surface area contributed by atoms with Gasteiger partial charge in [0.15, 0.2) is 12.2 Å². The number of hydrogen-bond donors (Lipinski definition) is 3. The Balaban J connectivity index is 5.18. The highest BCUT2D eigenvalue weighted by atomic mass is 31.2. The fraction of sp³-hybridized carbons (Fsp3) is 0.937. The first kappa shape index (κ1) is 80.1. The van der Waals surface area contributed by atoms with E-state index in [4.69, 9.17) is 37.0 Å². The lowest BCUT2D eigenvalue weighted by Gasteiger charge is -2.21. The molecule has 17 nitrogen and oxygen atoms in total. The highest BCUT2D eigenvalue weighted by Crippen LogP contribution is 2.45. The maximum absolute atomic E-state index is 13.0. The smallest absolute Gasteiger partial charge is 0.462 e. The zero-order valence-electron chi connectivity index (χ0n) is 52.8. The van der Waals surface area contributed by atoms with Crippen molar-refractivity contribution < 1.29 is 80.2 Å². The summed E-state index contributed by atoms with van der Waals surface area (Å²) in [4.78, 5) is 71.9. The van der Waals surface area contributed by atoms with Crippen LogP contribution in [0.2, 0.25) is 0 Å². The highest BCUT2D eigenvalue weighted by Gasteiger charge is 2.30. The number of carbonyl (C=O) groups excluding carboxylic acids is 4. The van der Waals surface area contributed by atoms with Crippen LogP contribution in [0.5, 0.6) is 0 Å². The van der Waals surface area contributed by atoms with E-state index >= 15 is 0 Å². The number of phosphoric acid groups is 2. The van der Waals surface area contributed by atoms with Crippen LogP contribution in [0.15, 0.2) is 0 Å². The average Bonchev–Trinajstić information content (AvgIpc) is 3.44. The van der Waals surface area contributed by atoms with Crippen molar-refractivity contribution in [1.29, 1.82) is 0 Å². The Hall–Kier alpha value is -1.94. The van der Waals surface area contributed by atoms with Gasteiger partial charge in [-0.25, -0.2) is 9.13 Å². The van der Waals surface area contributed by atoms with Gasteiger partial charge in [-0.05, 0) is 37.5 Å². The largest absolute Gasteiger partial charge is 0.472 e. The van der Waals surface area contributed by atoms with E-state index in [0.29, 0.717) is 25.7 Å². The van der Waals surface area contributed by atoms with Crippen LogP contribution in [0.3, 0.4) is 0 Å². The van der Waals surface area contributed by atoms with Crippen LogP contribution in [-0.2, 0) is 65.4 Å². The van der Waals surface area contributed by atoms with E-state index in [-0.39, 0.29) is 25.7 Å². The number of carbonyl (C=O) groups is 4. The first-order valence-corrected chi connectivity index (χ1v) is 36.0. The number of phosphoric ester groups is 2. The Morgan fingerprint density at radius 1 is 0.354 bits per heavy atom. The van der Waals surface area contributed by atoms with E-state index in [1.807, 2.05) is 0 Å². The maximum Gasteiger partial charge on any atom is 0.472 e. The van der Waals surface area contributed by atoms with Gasteiger partial charge in [-0.2, -0.15) is 0 Å². The average molecular weight is 1210 g/mol. The molecule has 0 aromatic heterocycles. The fourth-order valence-electron chi connectivity index (χ4n) is 9.32. The zero-order valence-corrected chi connectivity index (χ0v) is 54.6. The van der Waals surface area contributed by atoms with Gasteiger partial charge in [-0.3, -0.25) is 37.3 Å². The van der Waals surface area contributed by atoms with Crippen LogP contribution in [0.25, 0.3) is 0 Å². The van der Waals surface area contributed by atoms with Crippen LogP contribution in [0.4, 0.5) is 0 Å². The molecular formula is C63H122O17P2. The minimum Gasteiger partial charge on any atom is -0.462 e. The Kier molecular flexibility index (Phi) is 54.3. The van der Waals surface area contributed by atoms with Crippen molar-refractivity contribution in [2.45, 2.75) is 330 Å². The highest BCUT2D eigenvalue weighted by molar-refractivity contribution is 7.47. The molecule has 3 unspecified atom stereocenters. The molecule has 0 fully saturated rings. The summed E-state index contributed by atoms with van der Waals surface area (Å²) in [7, 11) is -9.88. The molecule has 0 aromatic carbocycles. The van der Waals surface area contributed by atoms with Crippen molar-refractivity contribution in [2.24, 2.45) is 11.8 Å². The van der Waals surface area contributed by atoms with Gasteiger partial charge < -0.3 is 33.8 Å². The number of hydrogen-bond acceptors (Lipinski definition) is 15. The molecule has 0 aliphatic carbocycles. The Morgan fingerprint density at radius 3 is 0.927 bits per heavy atom. The lowest BCUT2D eigenvalue weighted by molar-refractivity contribution is -0.161. The lowest BCUT2D eigenvalue weighted by Crippen LogP contribution is -2.30. The minimum absolute atomic E-state index is 0.105. The molecule has 0 aliphatic heterocycles. The molecule has 6 atom stereocenters. The summed E-state index contributed by atoms with van der Waals surface area (Å²) < 4.78 is 67.8. The van der Waals surface area contributed by atoms with Crippen molar-refractivity contribution in [2.75, 3.05) is 39.6 Å². The van der Waals surface area contributed by atoms with Crippen molar-refractivity contribution in [1.82, 2.24) is 0 Å². The maximum atomic E-state index is 13.0. The monoisotopic (exact) mass is 1210 g/mol. The van der Waals surface area contributed by atoms with Crippen LogP contribution >= 0.6 is 15.6 Å². The predicted octanol–water partition coefficient (Wildman–Crippen LogP) is 17.3. The van der Waals surface area contributed by atoms with Gasteiger partial charge in [-0.15, -0.1) is 0 Å². The minimum atomic E-state index is -4.94. The fourth-order valence-corrected chi connectivity index (χ4v) is 10.9. The molecule has 0 amide bonds. The van der Waals surface area contributed by atoms with Gasteiger partial charge in [0.25, 0.3) is 0 Å². The SMILES string of the molecule is CCCCCCCCCCCCC(=O)O[C@H](COC(=O)CCCCCCC)COP(=O)(O)OC[C@H](O)COP(=O)(O)OC[C@@H](COC(=O)CCCCCCCCCCC(C)CC)OC(=O)CCCCCCCCCCCCCCC(C)C. The molecule has 0 saturated heterocycles. The molecule has 3 N–H and O–H groups in total. The summed E-state index contributed by atoms with van der Waals surface area (Å²) in [5, 5.41) is 10.5. The van der Waals surface area contributed by atoms with Gasteiger partial charge in [-0.1, -0.05) is 260 Å². The third-order valence-corrected chi connectivity index (χ3v) is 16.7. The molecule has 0 radical (unpaired) electrons. The van der Waals surface area contributed by atoms with Crippen LogP contribution in [-0.4, -0.2) is 96.7 Å². The third-order valence-electron chi connectivity index (χ3n) is 14.8. The summed E-state index contributed by atoms with van der Waals surface area (Å²) in [5.41, 5.74) is 0. The topological polar surface area (TPSA) is 237 Å². The van der Waals surface area contributed by atoms with Gasteiger partial charge in [0.1, 0.15) is 19.3 Å². The molecule has 0 saturated carbocycles. The van der Waals surface area contributed by atoms with Crippen LogP contribution < -0.4 is 0 Å². The molecule has 0 rings (SSSR count). The van der Waals surface area contributed by atoms with E-state index < -0.39 is 97.5 Å². The van der Waals surface area contributed by atoms with Gasteiger partial charge >= 0.3 is 39.5 Å². The van der Waals surface area contributed by atoms with Crippen LogP contribution in [0.1, 0.15) is 311 Å². The van der Waals surface area contributed by atoms with Crippen molar-refractivity contribution in [3.05, 3.63) is 0 Å². The second-order valence-corrected chi connectivity index (χ2v) is 26.4. The van der Waals surface area contributed by atoms with Crippen LogP contribution in [0, 0.1) is 11.8 Å². The molecule has 0 heterocycles. The Labute approximate surface area is 498 Å². The van der Waals surface area contributed by atoms with E-state index in [1.165, 1.54) is 122 Å². The van der Waals surface area contributed by atoms with E-state index in [2.05, 4.69) is 41.5 Å². The van der Waals surface area contributed by atoms with Gasteiger partial charge in [0.05, 0.1) is 26.4 Å². The van der Waals surface area contributed by atoms with Crippen molar-refractivity contribution in [3.63, 3.8) is 0 Å². The zero-order chi connectivity index (χ0) is 60.8. The molecule has 0 aromatic rings. The molecule has 0 spiro atoms. The summed E-state index contributed by atoms with van der Waals surface area (Å²) in [5.74, 6) is -0.591. The number of unbranched alkanes of at least 4 members (excludes halogenated alkanes) is 31. The van der Waals surface area contributed by atoms with Gasteiger partial charge in [0, 0.05) is 25.7 Å². The molecule has 82 heavy (non-hydrogen) atoms. The number of esters is 4. The van der Waals surface area contributed by atoms with Crippen molar-refractivity contribution >= 4 is 39.5 Å². The molecule has 19 heteroatoms. The van der Waals surface area contributed by atoms with Crippen molar-refractivity contribution in [3.8, 4) is 0 Å². The predicted molar refractivity (Wildman–Crippen MR) is 326 cm³/mol. The first-order chi connectivity index (χ1) is 39.4. The third kappa shape index (κ3) is 55.9. The number of aliphatic hydroxyl groups is 1. The van der Waals surface area contributed by atoms with Gasteiger partial charge in [0.2, 0.25) is 0 Å². The number of ether oxygens (including phenoxy) is 4. The van der Waals surface area contributed by atoms with E-state index in [9.17, 15) is 43.2 Å².